The Morgan fingerprint density at radius 2 is 2.06 bits per heavy atom. The van der Waals surface area contributed by atoms with E-state index in [1.165, 1.54) is 11.9 Å². The van der Waals surface area contributed by atoms with Crippen LogP contribution in [-0.4, -0.2) is 20.6 Å². The Hall–Kier alpha value is -2.10. The standard InChI is InChI=1S/C13H14N2O2/c1-2-10-3-5-11(6-4-10)12-7-14-9-15(12)8-13(16)17/h3-7,9H,2,8H2,1H3,(H,16,17). The molecule has 88 valence electrons. The average Bonchev–Trinajstić information content (AvgIpc) is 2.76. The van der Waals surface area contributed by atoms with Gasteiger partial charge < -0.3 is 9.67 Å². The number of imidazole rings is 1. The maximum atomic E-state index is 10.7. The minimum absolute atomic E-state index is 0.0646. The third-order valence-corrected chi connectivity index (χ3v) is 2.68. The van der Waals surface area contributed by atoms with E-state index in [0.717, 1.165) is 17.7 Å². The number of aliphatic carboxylic acids is 1. The largest absolute Gasteiger partial charge is 0.480 e. The van der Waals surface area contributed by atoms with Gasteiger partial charge >= 0.3 is 5.97 Å². The van der Waals surface area contributed by atoms with Crippen molar-refractivity contribution in [1.29, 1.82) is 0 Å². The molecule has 0 spiro atoms. The molecular formula is C13H14N2O2. The van der Waals surface area contributed by atoms with Crippen LogP contribution in [0.15, 0.2) is 36.8 Å². The number of benzene rings is 1. The van der Waals surface area contributed by atoms with Crippen molar-refractivity contribution in [3.8, 4) is 11.3 Å². The molecule has 4 heteroatoms. The van der Waals surface area contributed by atoms with Crippen LogP contribution in [0.25, 0.3) is 11.3 Å². The molecule has 0 aliphatic rings. The first-order valence-electron chi connectivity index (χ1n) is 5.52. The summed E-state index contributed by atoms with van der Waals surface area (Å²) >= 11 is 0. The molecule has 2 rings (SSSR count). The summed E-state index contributed by atoms with van der Waals surface area (Å²) in [5.41, 5.74) is 3.08. The molecule has 0 radical (unpaired) electrons. The van der Waals surface area contributed by atoms with Crippen molar-refractivity contribution in [3.63, 3.8) is 0 Å². The third kappa shape index (κ3) is 2.53. The Labute approximate surface area is 99.5 Å². The van der Waals surface area contributed by atoms with Gasteiger partial charge in [-0.05, 0) is 17.5 Å². The number of aromatic nitrogens is 2. The van der Waals surface area contributed by atoms with Crippen LogP contribution < -0.4 is 0 Å². The van der Waals surface area contributed by atoms with Crippen molar-refractivity contribution < 1.29 is 9.90 Å². The first-order chi connectivity index (χ1) is 8.20. The molecule has 2 aromatic rings. The maximum absolute atomic E-state index is 10.7. The summed E-state index contributed by atoms with van der Waals surface area (Å²) in [6, 6.07) is 8.09. The molecule has 17 heavy (non-hydrogen) atoms. The Balaban J connectivity index is 2.32. The first kappa shape index (κ1) is 11.4. The lowest BCUT2D eigenvalue weighted by atomic mass is 10.1. The van der Waals surface area contributed by atoms with Gasteiger partial charge in [0.25, 0.3) is 0 Å². The maximum Gasteiger partial charge on any atom is 0.323 e. The molecule has 0 aliphatic heterocycles. The first-order valence-corrected chi connectivity index (χ1v) is 5.52. The van der Waals surface area contributed by atoms with Crippen molar-refractivity contribution in [2.45, 2.75) is 19.9 Å². The summed E-state index contributed by atoms with van der Waals surface area (Å²) in [5, 5.41) is 8.79. The van der Waals surface area contributed by atoms with E-state index in [4.69, 9.17) is 5.11 Å². The van der Waals surface area contributed by atoms with E-state index in [0.29, 0.717) is 0 Å². The van der Waals surface area contributed by atoms with E-state index in [-0.39, 0.29) is 6.54 Å². The molecule has 1 aromatic carbocycles. The monoisotopic (exact) mass is 230 g/mol. The van der Waals surface area contributed by atoms with Crippen LogP contribution in [0, 0.1) is 0 Å². The molecule has 4 nitrogen and oxygen atoms in total. The Bertz CT molecular complexity index is 514. The molecule has 1 aromatic heterocycles. The second-order valence-corrected chi connectivity index (χ2v) is 3.85. The number of hydrogen-bond donors (Lipinski definition) is 1. The van der Waals surface area contributed by atoms with E-state index in [1.807, 2.05) is 24.3 Å². The van der Waals surface area contributed by atoms with Gasteiger partial charge in [-0.15, -0.1) is 0 Å². The van der Waals surface area contributed by atoms with E-state index < -0.39 is 5.97 Å². The summed E-state index contributed by atoms with van der Waals surface area (Å²) in [6.07, 6.45) is 4.22. The number of carbonyl (C=O) groups is 1. The summed E-state index contributed by atoms with van der Waals surface area (Å²) in [7, 11) is 0. The van der Waals surface area contributed by atoms with Crippen molar-refractivity contribution in [2.75, 3.05) is 0 Å². The molecule has 1 heterocycles. The molecule has 0 saturated carbocycles. The zero-order valence-electron chi connectivity index (χ0n) is 9.63. The van der Waals surface area contributed by atoms with Crippen molar-refractivity contribution in [2.24, 2.45) is 0 Å². The summed E-state index contributed by atoms with van der Waals surface area (Å²) in [6.45, 7) is 2.04. The second kappa shape index (κ2) is 4.82. The van der Waals surface area contributed by atoms with Crippen molar-refractivity contribution in [1.82, 2.24) is 9.55 Å². The van der Waals surface area contributed by atoms with Crippen LogP contribution in [0.1, 0.15) is 12.5 Å². The van der Waals surface area contributed by atoms with Gasteiger partial charge in [0.1, 0.15) is 6.54 Å². The molecule has 0 amide bonds. The molecule has 0 fully saturated rings. The molecule has 0 atom stereocenters. The number of hydrogen-bond acceptors (Lipinski definition) is 2. The minimum atomic E-state index is -0.866. The normalized spacial score (nSPS) is 10.4. The lowest BCUT2D eigenvalue weighted by molar-refractivity contribution is -0.137. The number of carboxylic acid groups (broad SMARTS) is 1. The predicted octanol–water partition coefficient (Wildman–Crippen LogP) is 2.20. The molecule has 0 bridgehead atoms. The zero-order chi connectivity index (χ0) is 12.3. The van der Waals surface area contributed by atoms with Gasteiger partial charge in [0.15, 0.2) is 0 Å². The van der Waals surface area contributed by atoms with Gasteiger partial charge in [-0.3, -0.25) is 4.79 Å². The molecule has 0 unspecified atom stereocenters. The highest BCUT2D eigenvalue weighted by atomic mass is 16.4. The average molecular weight is 230 g/mol. The lowest BCUT2D eigenvalue weighted by Gasteiger charge is -2.06. The molecule has 0 aliphatic carbocycles. The van der Waals surface area contributed by atoms with Crippen LogP contribution in [0.4, 0.5) is 0 Å². The quantitative estimate of drug-likeness (QED) is 0.876. The summed E-state index contributed by atoms with van der Waals surface area (Å²) < 4.78 is 1.63. The minimum Gasteiger partial charge on any atom is -0.480 e. The summed E-state index contributed by atoms with van der Waals surface area (Å²) in [4.78, 5) is 14.7. The van der Waals surface area contributed by atoms with E-state index >= 15 is 0 Å². The topological polar surface area (TPSA) is 55.1 Å². The number of aryl methyl sites for hydroxylation is 1. The Morgan fingerprint density at radius 3 is 2.65 bits per heavy atom. The van der Waals surface area contributed by atoms with Crippen molar-refractivity contribution >= 4 is 5.97 Å². The van der Waals surface area contributed by atoms with Crippen LogP contribution in [0.3, 0.4) is 0 Å². The number of rotatable bonds is 4. The van der Waals surface area contributed by atoms with Crippen molar-refractivity contribution in [3.05, 3.63) is 42.4 Å². The number of nitrogens with zero attached hydrogens (tertiary/aromatic N) is 2. The fourth-order valence-electron chi connectivity index (χ4n) is 1.74. The highest BCUT2D eigenvalue weighted by molar-refractivity contribution is 5.68. The predicted molar refractivity (Wildman–Crippen MR) is 64.7 cm³/mol. The highest BCUT2D eigenvalue weighted by Crippen LogP contribution is 2.19. The van der Waals surface area contributed by atoms with Gasteiger partial charge in [0.2, 0.25) is 0 Å². The highest BCUT2D eigenvalue weighted by Gasteiger charge is 2.07. The number of carboxylic acids is 1. The Kier molecular flexibility index (Phi) is 3.23. The van der Waals surface area contributed by atoms with Crippen LogP contribution in [0.5, 0.6) is 0 Å². The fourth-order valence-corrected chi connectivity index (χ4v) is 1.74. The van der Waals surface area contributed by atoms with Crippen LogP contribution in [-0.2, 0) is 17.8 Å². The smallest absolute Gasteiger partial charge is 0.323 e. The van der Waals surface area contributed by atoms with Crippen LogP contribution >= 0.6 is 0 Å². The van der Waals surface area contributed by atoms with Crippen LogP contribution in [0.2, 0.25) is 0 Å². The van der Waals surface area contributed by atoms with Gasteiger partial charge in [-0.2, -0.15) is 0 Å². The third-order valence-electron chi connectivity index (χ3n) is 2.68. The fraction of sp³-hybridized carbons (Fsp3) is 0.231. The van der Waals surface area contributed by atoms with Gasteiger partial charge in [0, 0.05) is 0 Å². The summed E-state index contributed by atoms with van der Waals surface area (Å²) in [5.74, 6) is -0.866. The molecular weight excluding hydrogens is 216 g/mol. The SMILES string of the molecule is CCc1ccc(-c2cncn2CC(=O)O)cc1. The second-order valence-electron chi connectivity index (χ2n) is 3.85. The zero-order valence-corrected chi connectivity index (χ0v) is 9.63. The lowest BCUT2D eigenvalue weighted by Crippen LogP contribution is -2.08. The molecule has 0 saturated heterocycles. The van der Waals surface area contributed by atoms with E-state index in [1.54, 1.807) is 10.8 Å². The van der Waals surface area contributed by atoms with E-state index in [9.17, 15) is 4.79 Å². The van der Waals surface area contributed by atoms with E-state index in [2.05, 4.69) is 11.9 Å². The van der Waals surface area contributed by atoms with Gasteiger partial charge in [0.05, 0.1) is 18.2 Å². The Morgan fingerprint density at radius 1 is 1.35 bits per heavy atom. The van der Waals surface area contributed by atoms with Gasteiger partial charge in [-0.1, -0.05) is 31.2 Å². The van der Waals surface area contributed by atoms with Gasteiger partial charge in [-0.25, -0.2) is 4.98 Å². The molecule has 1 N–H and O–H groups in total.